The highest BCUT2D eigenvalue weighted by Crippen LogP contribution is 2.23. The molecule has 0 spiro atoms. The first-order valence-corrected chi connectivity index (χ1v) is 11.0. The number of sulfone groups is 1. The second-order valence-corrected chi connectivity index (χ2v) is 9.28. The van der Waals surface area contributed by atoms with E-state index in [2.05, 4.69) is 24.3 Å². The van der Waals surface area contributed by atoms with Crippen molar-refractivity contribution >= 4 is 9.84 Å². The van der Waals surface area contributed by atoms with Gasteiger partial charge in [-0.25, -0.2) is 8.42 Å². The highest BCUT2D eigenvalue weighted by Gasteiger charge is 2.46. The third kappa shape index (κ3) is 4.92. The van der Waals surface area contributed by atoms with Crippen molar-refractivity contribution in [1.82, 2.24) is 0 Å². The summed E-state index contributed by atoms with van der Waals surface area (Å²) >= 11 is 0. The van der Waals surface area contributed by atoms with Gasteiger partial charge < -0.3 is 9.80 Å². The summed E-state index contributed by atoms with van der Waals surface area (Å²) in [7, 11) is -5.04. The summed E-state index contributed by atoms with van der Waals surface area (Å²) in [5.41, 5.74) is -2.76. The van der Waals surface area contributed by atoms with Gasteiger partial charge in [0.25, 0.3) is 9.84 Å². The number of piperazine rings is 1. The van der Waals surface area contributed by atoms with Gasteiger partial charge in [-0.1, -0.05) is 60.7 Å². The van der Waals surface area contributed by atoms with E-state index in [1.54, 1.807) is 0 Å². The van der Waals surface area contributed by atoms with Crippen LogP contribution in [-0.2, 0) is 9.84 Å². The summed E-state index contributed by atoms with van der Waals surface area (Å²) in [6.07, 6.45) is 0. The third-order valence-electron chi connectivity index (χ3n) is 5.35. The molecule has 0 unspecified atom stereocenters. The average molecular weight is 414 g/mol. The van der Waals surface area contributed by atoms with Crippen molar-refractivity contribution < 1.29 is 31.4 Å². The van der Waals surface area contributed by atoms with Gasteiger partial charge in [0.2, 0.25) is 0 Å². The van der Waals surface area contributed by atoms with Gasteiger partial charge in [0.05, 0.1) is 6.54 Å². The number of hydrogen-bond donors (Lipinski definition) is 2. The molecule has 1 aliphatic rings. The molecule has 0 saturated carbocycles. The number of nitrogens with one attached hydrogen (secondary N) is 2. The predicted molar refractivity (Wildman–Crippen MR) is 101 cm³/mol. The van der Waals surface area contributed by atoms with Crippen LogP contribution in [0, 0.1) is 0 Å². The van der Waals surface area contributed by atoms with Crippen LogP contribution in [-0.4, -0.2) is 52.4 Å². The van der Waals surface area contributed by atoms with E-state index in [0.717, 1.165) is 18.0 Å². The molecule has 8 heteroatoms. The molecule has 1 saturated heterocycles. The van der Waals surface area contributed by atoms with Gasteiger partial charge in [-0.05, 0) is 0 Å². The van der Waals surface area contributed by atoms with Crippen LogP contribution in [0.3, 0.4) is 0 Å². The molecule has 4 nitrogen and oxygen atoms in total. The van der Waals surface area contributed by atoms with Crippen molar-refractivity contribution in [2.24, 2.45) is 0 Å². The Bertz CT molecular complexity index is 811. The van der Waals surface area contributed by atoms with Crippen LogP contribution in [0.2, 0.25) is 0 Å². The van der Waals surface area contributed by atoms with Gasteiger partial charge in [-0.2, -0.15) is 13.2 Å². The van der Waals surface area contributed by atoms with Gasteiger partial charge >= 0.3 is 5.51 Å². The van der Waals surface area contributed by atoms with E-state index in [9.17, 15) is 21.6 Å². The van der Waals surface area contributed by atoms with Crippen LogP contribution in [0.25, 0.3) is 0 Å². The Morgan fingerprint density at radius 3 is 1.71 bits per heavy atom. The number of benzene rings is 2. The van der Waals surface area contributed by atoms with Crippen molar-refractivity contribution in [2.75, 3.05) is 38.5 Å². The van der Waals surface area contributed by atoms with Crippen LogP contribution in [0.15, 0.2) is 60.7 Å². The molecule has 2 aromatic rings. The number of rotatable bonds is 6. The number of hydrogen-bond acceptors (Lipinski definition) is 2. The van der Waals surface area contributed by atoms with Gasteiger partial charge in [0.1, 0.15) is 38.0 Å². The highest BCUT2D eigenvalue weighted by molar-refractivity contribution is 7.92. The summed E-state index contributed by atoms with van der Waals surface area (Å²) in [5.74, 6) is -0.845. The molecule has 152 valence electrons. The third-order valence-corrected chi connectivity index (χ3v) is 6.80. The lowest BCUT2D eigenvalue weighted by Crippen LogP contribution is -3.28. The molecule has 0 radical (unpaired) electrons. The molecule has 2 aromatic carbocycles. The Hall–Kier alpha value is -1.90. The molecule has 2 N–H and O–H groups in total. The summed E-state index contributed by atoms with van der Waals surface area (Å²) in [4.78, 5) is 2.26. The maximum Gasteiger partial charge on any atom is 0.497 e. The fraction of sp³-hybridized carbons (Fsp3) is 0.400. The standard InChI is InChI=1S/C20H23F3N2O2S/c21-20(22,23)28(26,27)16-15-24-11-13-25(14-12-24)19(17-7-3-1-4-8-17)18-9-5-2-6-10-18/h1-10,19H,11-16H2/p+2. The first kappa shape index (κ1) is 20.8. The molecule has 0 atom stereocenters. The first-order chi connectivity index (χ1) is 13.3. The van der Waals surface area contributed by atoms with Crippen LogP contribution in [0.1, 0.15) is 17.2 Å². The fourth-order valence-corrected chi connectivity index (χ4v) is 4.60. The van der Waals surface area contributed by atoms with Crippen molar-refractivity contribution in [3.05, 3.63) is 71.8 Å². The van der Waals surface area contributed by atoms with Gasteiger partial charge in [0.15, 0.2) is 0 Å². The monoisotopic (exact) mass is 414 g/mol. The quantitative estimate of drug-likeness (QED) is 0.723. The van der Waals surface area contributed by atoms with Crippen molar-refractivity contribution in [3.63, 3.8) is 0 Å². The smallest absolute Gasteiger partial charge is 0.325 e. The lowest BCUT2D eigenvalue weighted by molar-refractivity contribution is -1.02. The van der Waals surface area contributed by atoms with E-state index in [1.807, 2.05) is 36.4 Å². The normalized spacial score (nSPS) is 21.0. The Balaban J connectivity index is 1.66. The molecule has 1 aliphatic heterocycles. The van der Waals surface area contributed by atoms with Gasteiger partial charge in [-0.15, -0.1) is 0 Å². The van der Waals surface area contributed by atoms with Crippen LogP contribution in [0.5, 0.6) is 0 Å². The molecule has 0 amide bonds. The zero-order chi connectivity index (χ0) is 20.2. The molecule has 1 fully saturated rings. The largest absolute Gasteiger partial charge is 0.497 e. The van der Waals surface area contributed by atoms with E-state index in [-0.39, 0.29) is 12.6 Å². The molecular weight excluding hydrogens is 389 g/mol. The summed E-state index contributed by atoms with van der Waals surface area (Å²) in [6.45, 7) is 2.85. The summed E-state index contributed by atoms with van der Waals surface area (Å²) in [5, 5.41) is 0. The Labute approximate surface area is 163 Å². The summed E-state index contributed by atoms with van der Waals surface area (Å²) in [6, 6.07) is 20.5. The zero-order valence-electron chi connectivity index (χ0n) is 15.5. The Morgan fingerprint density at radius 1 is 0.821 bits per heavy atom. The minimum Gasteiger partial charge on any atom is -0.325 e. The SMILES string of the molecule is O=S(=O)(CC[NH+]1CC[NH+](C(c2ccccc2)c2ccccc2)CC1)C(F)(F)F. The summed E-state index contributed by atoms with van der Waals surface area (Å²) < 4.78 is 60.2. The van der Waals surface area contributed by atoms with Crippen LogP contribution < -0.4 is 9.80 Å². The second kappa shape index (κ2) is 8.63. The van der Waals surface area contributed by atoms with Crippen molar-refractivity contribution in [3.8, 4) is 0 Å². The van der Waals surface area contributed by atoms with Gasteiger partial charge in [0, 0.05) is 11.1 Å². The van der Waals surface area contributed by atoms with Gasteiger partial charge in [-0.3, -0.25) is 0 Å². The molecule has 0 bridgehead atoms. The van der Waals surface area contributed by atoms with E-state index in [0.29, 0.717) is 13.1 Å². The maximum absolute atomic E-state index is 12.5. The molecule has 0 aromatic heterocycles. The number of halogens is 3. The molecule has 0 aliphatic carbocycles. The lowest BCUT2D eigenvalue weighted by Gasteiger charge is -2.35. The number of alkyl halides is 3. The number of quaternary nitrogens is 2. The lowest BCUT2D eigenvalue weighted by atomic mass is 9.96. The van der Waals surface area contributed by atoms with Crippen LogP contribution >= 0.6 is 0 Å². The first-order valence-electron chi connectivity index (χ1n) is 9.35. The highest BCUT2D eigenvalue weighted by atomic mass is 32.2. The zero-order valence-corrected chi connectivity index (χ0v) is 16.3. The average Bonchev–Trinajstić information content (AvgIpc) is 2.68. The van der Waals surface area contributed by atoms with Crippen LogP contribution in [0.4, 0.5) is 13.2 Å². The molecule has 28 heavy (non-hydrogen) atoms. The Morgan fingerprint density at radius 2 is 1.29 bits per heavy atom. The predicted octanol–water partition coefficient (Wildman–Crippen LogP) is 0.494. The second-order valence-electron chi connectivity index (χ2n) is 7.18. The molecular formula is C20H25F3N2O2S+2. The van der Waals surface area contributed by atoms with E-state index >= 15 is 0 Å². The topological polar surface area (TPSA) is 43.0 Å². The fourth-order valence-electron chi connectivity index (χ4n) is 3.81. The van der Waals surface area contributed by atoms with Crippen molar-refractivity contribution in [1.29, 1.82) is 0 Å². The van der Waals surface area contributed by atoms with Crippen molar-refractivity contribution in [2.45, 2.75) is 11.6 Å². The Kier molecular flexibility index (Phi) is 6.42. The molecule has 1 heterocycles. The minimum atomic E-state index is -5.16. The maximum atomic E-state index is 12.5. The van der Waals surface area contributed by atoms with E-state index < -0.39 is 21.1 Å². The van der Waals surface area contributed by atoms with E-state index in [1.165, 1.54) is 16.0 Å². The molecule has 3 rings (SSSR count). The van der Waals surface area contributed by atoms with E-state index in [4.69, 9.17) is 0 Å². The minimum absolute atomic E-state index is 0.00351.